The Balaban J connectivity index is 2.00. The Labute approximate surface area is 171 Å². The first-order valence-corrected chi connectivity index (χ1v) is 9.50. The van der Waals surface area contributed by atoms with Gasteiger partial charge >= 0.3 is 0 Å². The van der Waals surface area contributed by atoms with Gasteiger partial charge in [0.05, 0.1) is 23.6 Å². The second kappa shape index (κ2) is 7.24. The molecule has 1 aromatic heterocycles. The van der Waals surface area contributed by atoms with Crippen LogP contribution in [0.4, 0.5) is 0 Å². The molecule has 1 aliphatic rings. The van der Waals surface area contributed by atoms with Crippen LogP contribution >= 0.6 is 23.2 Å². The number of halogens is 2. The fourth-order valence-corrected chi connectivity index (χ4v) is 3.95. The molecular formula is C21H17Cl2NO4. The fraction of sp³-hybridized carbons (Fsp3) is 0.238. The van der Waals surface area contributed by atoms with Crippen molar-refractivity contribution in [1.29, 1.82) is 0 Å². The van der Waals surface area contributed by atoms with Crippen LogP contribution in [0.1, 0.15) is 33.3 Å². The van der Waals surface area contributed by atoms with Gasteiger partial charge in [0.15, 0.2) is 5.43 Å². The number of rotatable bonds is 4. The molecule has 1 aliphatic heterocycles. The third kappa shape index (κ3) is 3.00. The van der Waals surface area contributed by atoms with Crippen molar-refractivity contribution >= 4 is 40.1 Å². The van der Waals surface area contributed by atoms with Crippen LogP contribution < -0.4 is 5.43 Å². The van der Waals surface area contributed by atoms with Gasteiger partial charge in [-0.2, -0.15) is 0 Å². The Morgan fingerprint density at radius 2 is 1.96 bits per heavy atom. The minimum atomic E-state index is -0.600. The van der Waals surface area contributed by atoms with Crippen LogP contribution in [-0.4, -0.2) is 31.1 Å². The van der Waals surface area contributed by atoms with Crippen LogP contribution in [0.25, 0.3) is 11.0 Å². The first-order valence-electron chi connectivity index (χ1n) is 8.74. The Kier molecular flexibility index (Phi) is 4.91. The molecule has 3 aromatic rings. The summed E-state index contributed by atoms with van der Waals surface area (Å²) in [6, 6.07) is 9.79. The van der Waals surface area contributed by atoms with Crippen LogP contribution in [0.2, 0.25) is 10.0 Å². The zero-order valence-electron chi connectivity index (χ0n) is 15.3. The lowest BCUT2D eigenvalue weighted by atomic mass is 9.98. The molecule has 144 valence electrons. The number of amides is 1. The molecule has 1 amide bonds. The zero-order chi connectivity index (χ0) is 20.0. The van der Waals surface area contributed by atoms with E-state index in [0.717, 1.165) is 11.1 Å². The van der Waals surface area contributed by atoms with E-state index in [9.17, 15) is 9.59 Å². The van der Waals surface area contributed by atoms with Crippen molar-refractivity contribution in [3.8, 4) is 0 Å². The van der Waals surface area contributed by atoms with E-state index in [4.69, 9.17) is 32.4 Å². The highest BCUT2D eigenvalue weighted by Crippen LogP contribution is 2.39. The molecule has 2 aromatic carbocycles. The SMILES string of the molecule is COCCN1C(=O)c2oc3cc(C)c(Cl)cc3c(=O)c2C1c1cccc(Cl)c1. The molecule has 0 radical (unpaired) electrons. The molecule has 7 heteroatoms. The van der Waals surface area contributed by atoms with Crippen molar-refractivity contribution in [2.45, 2.75) is 13.0 Å². The van der Waals surface area contributed by atoms with Crippen LogP contribution in [-0.2, 0) is 4.74 Å². The lowest BCUT2D eigenvalue weighted by Crippen LogP contribution is -2.32. The van der Waals surface area contributed by atoms with E-state index >= 15 is 0 Å². The second-order valence-corrected chi connectivity index (χ2v) is 7.56. The summed E-state index contributed by atoms with van der Waals surface area (Å²) in [5.74, 6) is -0.288. The van der Waals surface area contributed by atoms with Gasteiger partial charge in [-0.25, -0.2) is 0 Å². The minimum absolute atomic E-state index is 0.0558. The molecular weight excluding hydrogens is 401 g/mol. The van der Waals surface area contributed by atoms with E-state index in [1.807, 2.05) is 13.0 Å². The van der Waals surface area contributed by atoms with Gasteiger partial charge in [0, 0.05) is 23.7 Å². The molecule has 0 N–H and O–H groups in total. The van der Waals surface area contributed by atoms with E-state index in [-0.39, 0.29) is 17.1 Å². The average molecular weight is 418 g/mol. The van der Waals surface area contributed by atoms with Gasteiger partial charge in [-0.3, -0.25) is 9.59 Å². The number of aryl methyl sites for hydroxylation is 1. The van der Waals surface area contributed by atoms with Crippen molar-refractivity contribution in [2.24, 2.45) is 0 Å². The monoisotopic (exact) mass is 417 g/mol. The summed E-state index contributed by atoms with van der Waals surface area (Å²) in [7, 11) is 1.56. The van der Waals surface area contributed by atoms with Gasteiger partial charge < -0.3 is 14.1 Å². The van der Waals surface area contributed by atoms with Crippen LogP contribution in [0.3, 0.4) is 0 Å². The minimum Gasteiger partial charge on any atom is -0.450 e. The summed E-state index contributed by atoms with van der Waals surface area (Å²) in [6.45, 7) is 2.46. The lowest BCUT2D eigenvalue weighted by Gasteiger charge is -2.24. The number of carbonyl (C=O) groups is 1. The molecule has 0 saturated carbocycles. The van der Waals surface area contributed by atoms with Crippen molar-refractivity contribution in [3.05, 3.63) is 79.1 Å². The molecule has 0 saturated heterocycles. The summed E-state index contributed by atoms with van der Waals surface area (Å²) in [6.07, 6.45) is 0. The molecule has 0 bridgehead atoms. The Morgan fingerprint density at radius 3 is 2.68 bits per heavy atom. The van der Waals surface area contributed by atoms with Gasteiger partial charge in [-0.1, -0.05) is 35.3 Å². The number of carbonyl (C=O) groups excluding carboxylic acids is 1. The molecule has 28 heavy (non-hydrogen) atoms. The number of nitrogens with zero attached hydrogens (tertiary/aromatic N) is 1. The standard InChI is InChI=1S/C21H17Cl2NO4/c1-11-8-16-14(10-15(11)23)19(25)17-18(12-4-3-5-13(22)9-12)24(6-7-27-2)21(26)20(17)28-16/h3-5,8-10,18H,6-7H2,1-2H3. The maximum atomic E-state index is 13.4. The number of benzene rings is 2. The Morgan fingerprint density at radius 1 is 1.18 bits per heavy atom. The Bertz CT molecular complexity index is 1160. The van der Waals surface area contributed by atoms with Crippen molar-refractivity contribution in [3.63, 3.8) is 0 Å². The first kappa shape index (κ1) is 19.0. The van der Waals surface area contributed by atoms with Gasteiger partial charge in [0.2, 0.25) is 5.76 Å². The molecule has 0 aliphatic carbocycles. The summed E-state index contributed by atoms with van der Waals surface area (Å²) < 4.78 is 11.1. The van der Waals surface area contributed by atoms with Gasteiger partial charge in [-0.15, -0.1) is 0 Å². The summed E-state index contributed by atoms with van der Waals surface area (Å²) >= 11 is 12.4. The molecule has 5 nitrogen and oxygen atoms in total. The molecule has 2 heterocycles. The molecule has 4 rings (SSSR count). The van der Waals surface area contributed by atoms with Gasteiger partial charge in [-0.05, 0) is 42.3 Å². The molecule has 1 atom stereocenters. The van der Waals surface area contributed by atoms with Gasteiger partial charge in [0.1, 0.15) is 5.58 Å². The van der Waals surface area contributed by atoms with Crippen LogP contribution in [0.15, 0.2) is 45.6 Å². The summed E-state index contributed by atoms with van der Waals surface area (Å²) in [4.78, 5) is 28.0. The maximum absolute atomic E-state index is 13.4. The summed E-state index contributed by atoms with van der Waals surface area (Å²) in [5, 5.41) is 1.34. The molecule has 0 fully saturated rings. The quantitative estimate of drug-likeness (QED) is 0.622. The second-order valence-electron chi connectivity index (χ2n) is 6.72. The summed E-state index contributed by atoms with van der Waals surface area (Å²) in [5.41, 5.74) is 1.88. The highest BCUT2D eigenvalue weighted by atomic mass is 35.5. The van der Waals surface area contributed by atoms with E-state index < -0.39 is 6.04 Å². The molecule has 1 unspecified atom stereocenters. The zero-order valence-corrected chi connectivity index (χ0v) is 16.8. The van der Waals surface area contributed by atoms with E-state index in [2.05, 4.69) is 0 Å². The smallest absolute Gasteiger partial charge is 0.290 e. The van der Waals surface area contributed by atoms with Crippen molar-refractivity contribution in [1.82, 2.24) is 4.90 Å². The number of ether oxygens (including phenoxy) is 1. The highest BCUT2D eigenvalue weighted by molar-refractivity contribution is 6.32. The molecule has 0 spiro atoms. The van der Waals surface area contributed by atoms with Crippen LogP contribution in [0.5, 0.6) is 0 Å². The topological polar surface area (TPSA) is 59.8 Å². The maximum Gasteiger partial charge on any atom is 0.290 e. The number of methoxy groups -OCH3 is 1. The van der Waals surface area contributed by atoms with Crippen molar-refractivity contribution in [2.75, 3.05) is 20.3 Å². The van der Waals surface area contributed by atoms with Crippen LogP contribution in [0, 0.1) is 6.92 Å². The number of fused-ring (bicyclic) bond motifs is 2. The normalized spacial score (nSPS) is 16.1. The predicted octanol–water partition coefficient (Wildman–Crippen LogP) is 4.60. The van der Waals surface area contributed by atoms with E-state index in [1.54, 1.807) is 42.3 Å². The average Bonchev–Trinajstić information content (AvgIpc) is 2.94. The third-order valence-corrected chi connectivity index (χ3v) is 5.59. The lowest BCUT2D eigenvalue weighted by molar-refractivity contribution is 0.0663. The van der Waals surface area contributed by atoms with E-state index in [0.29, 0.717) is 39.7 Å². The third-order valence-electron chi connectivity index (χ3n) is 4.95. The van der Waals surface area contributed by atoms with Gasteiger partial charge in [0.25, 0.3) is 5.91 Å². The largest absolute Gasteiger partial charge is 0.450 e. The number of hydrogen-bond donors (Lipinski definition) is 0. The predicted molar refractivity (Wildman–Crippen MR) is 108 cm³/mol. The Hall–Kier alpha value is -2.34. The van der Waals surface area contributed by atoms with E-state index in [1.165, 1.54) is 0 Å². The first-order chi connectivity index (χ1) is 13.4. The van der Waals surface area contributed by atoms with Crippen molar-refractivity contribution < 1.29 is 13.9 Å². The number of hydrogen-bond acceptors (Lipinski definition) is 4. The fourth-order valence-electron chi connectivity index (χ4n) is 3.58. The highest BCUT2D eigenvalue weighted by Gasteiger charge is 2.42.